The van der Waals surface area contributed by atoms with Crippen LogP contribution in [-0.4, -0.2) is 23.2 Å². The number of hydrogen-bond acceptors (Lipinski definition) is 3. The second-order valence-corrected chi connectivity index (χ2v) is 5.83. The van der Waals surface area contributed by atoms with E-state index in [0.717, 1.165) is 22.3 Å². The summed E-state index contributed by atoms with van der Waals surface area (Å²) in [6.07, 6.45) is 4.90. The van der Waals surface area contributed by atoms with Gasteiger partial charge in [0.2, 0.25) is 0 Å². The number of benzene rings is 1. The van der Waals surface area contributed by atoms with Crippen LogP contribution < -0.4 is 4.74 Å². The zero-order chi connectivity index (χ0) is 12.1. The molecule has 3 heteroatoms. The molecule has 0 saturated heterocycles. The SMILES string of the molecule is COc1ccccc1C(O)CSC1CCCC1. The Bertz CT molecular complexity index is 348. The molecule has 2 nitrogen and oxygen atoms in total. The predicted octanol–water partition coefficient (Wildman–Crippen LogP) is 3.40. The van der Waals surface area contributed by atoms with E-state index in [1.54, 1.807) is 7.11 Å². The van der Waals surface area contributed by atoms with Crippen LogP contribution in [0.1, 0.15) is 37.4 Å². The lowest BCUT2D eigenvalue weighted by Gasteiger charge is -2.16. The lowest BCUT2D eigenvalue weighted by Crippen LogP contribution is -2.06. The Balaban J connectivity index is 1.91. The van der Waals surface area contributed by atoms with Crippen LogP contribution in [0.5, 0.6) is 5.75 Å². The number of para-hydroxylation sites is 1. The molecule has 1 fully saturated rings. The molecule has 1 N–H and O–H groups in total. The lowest BCUT2D eigenvalue weighted by molar-refractivity contribution is 0.199. The maximum Gasteiger partial charge on any atom is 0.124 e. The fraction of sp³-hybridized carbons (Fsp3) is 0.571. The highest BCUT2D eigenvalue weighted by atomic mass is 32.2. The van der Waals surface area contributed by atoms with Crippen LogP contribution in [0, 0.1) is 0 Å². The van der Waals surface area contributed by atoms with Crippen LogP contribution in [0.3, 0.4) is 0 Å². The largest absolute Gasteiger partial charge is 0.496 e. The molecular formula is C14H20O2S. The van der Waals surface area contributed by atoms with Crippen LogP contribution in [0.25, 0.3) is 0 Å². The Kier molecular flexibility index (Phi) is 4.75. The summed E-state index contributed by atoms with van der Waals surface area (Å²) in [5, 5.41) is 10.9. The normalized spacial score (nSPS) is 18.2. The number of aliphatic hydroxyl groups is 1. The van der Waals surface area contributed by atoms with Crippen molar-refractivity contribution < 1.29 is 9.84 Å². The standard InChI is InChI=1S/C14H20O2S/c1-16-14-9-5-4-8-12(14)13(15)10-17-11-6-2-3-7-11/h4-5,8-9,11,13,15H,2-3,6-7,10H2,1H3. The average Bonchev–Trinajstić information content (AvgIpc) is 2.89. The van der Waals surface area contributed by atoms with Gasteiger partial charge in [-0.2, -0.15) is 11.8 Å². The van der Waals surface area contributed by atoms with Crippen molar-refractivity contribution in [3.8, 4) is 5.75 Å². The van der Waals surface area contributed by atoms with Crippen molar-refractivity contribution in [3.05, 3.63) is 29.8 Å². The summed E-state index contributed by atoms with van der Waals surface area (Å²) < 4.78 is 5.27. The van der Waals surface area contributed by atoms with E-state index in [1.165, 1.54) is 25.7 Å². The third-order valence-electron chi connectivity index (χ3n) is 3.29. The molecule has 94 valence electrons. The highest BCUT2D eigenvalue weighted by Crippen LogP contribution is 2.33. The number of thioether (sulfide) groups is 1. The van der Waals surface area contributed by atoms with Crippen LogP contribution in [0.4, 0.5) is 0 Å². The van der Waals surface area contributed by atoms with Gasteiger partial charge >= 0.3 is 0 Å². The Hall–Kier alpha value is -0.670. The van der Waals surface area contributed by atoms with Crippen LogP contribution in [0.2, 0.25) is 0 Å². The van der Waals surface area contributed by atoms with E-state index in [-0.39, 0.29) is 0 Å². The summed E-state index contributed by atoms with van der Waals surface area (Å²) in [6.45, 7) is 0. The molecule has 0 aromatic heterocycles. The monoisotopic (exact) mass is 252 g/mol. The topological polar surface area (TPSA) is 29.5 Å². The highest BCUT2D eigenvalue weighted by Gasteiger charge is 2.19. The minimum atomic E-state index is -0.420. The van der Waals surface area contributed by atoms with Crippen molar-refractivity contribution in [2.75, 3.05) is 12.9 Å². The first-order valence-electron chi connectivity index (χ1n) is 6.24. The van der Waals surface area contributed by atoms with E-state index in [9.17, 15) is 5.11 Å². The third kappa shape index (κ3) is 3.39. The van der Waals surface area contributed by atoms with Crippen LogP contribution in [0.15, 0.2) is 24.3 Å². The summed E-state index contributed by atoms with van der Waals surface area (Å²) >= 11 is 1.90. The quantitative estimate of drug-likeness (QED) is 0.871. The first-order valence-corrected chi connectivity index (χ1v) is 7.28. The van der Waals surface area contributed by atoms with Crippen molar-refractivity contribution in [1.29, 1.82) is 0 Å². The van der Waals surface area contributed by atoms with Crippen LogP contribution >= 0.6 is 11.8 Å². The molecule has 1 unspecified atom stereocenters. The maximum absolute atomic E-state index is 10.2. The van der Waals surface area contributed by atoms with Gasteiger partial charge < -0.3 is 9.84 Å². The summed E-state index contributed by atoms with van der Waals surface area (Å²) in [5.74, 6) is 1.55. The number of aliphatic hydroxyl groups excluding tert-OH is 1. The number of rotatable bonds is 5. The molecule has 0 spiro atoms. The molecule has 17 heavy (non-hydrogen) atoms. The second-order valence-electron chi connectivity index (χ2n) is 4.50. The highest BCUT2D eigenvalue weighted by molar-refractivity contribution is 7.99. The molecule has 2 rings (SSSR count). The molecule has 1 aliphatic rings. The fourth-order valence-electron chi connectivity index (χ4n) is 2.31. The number of methoxy groups -OCH3 is 1. The fourth-order valence-corrected chi connectivity index (χ4v) is 3.61. The maximum atomic E-state index is 10.2. The summed E-state index contributed by atoms with van der Waals surface area (Å²) in [6, 6.07) is 7.72. The smallest absolute Gasteiger partial charge is 0.124 e. The first-order chi connectivity index (χ1) is 8.31. The van der Waals surface area contributed by atoms with Crippen molar-refractivity contribution in [3.63, 3.8) is 0 Å². The molecule has 1 aromatic carbocycles. The van der Waals surface area contributed by atoms with E-state index in [1.807, 2.05) is 36.0 Å². The van der Waals surface area contributed by atoms with Gasteiger partial charge in [-0.25, -0.2) is 0 Å². The Morgan fingerprint density at radius 3 is 2.76 bits per heavy atom. The molecule has 1 aromatic rings. The van der Waals surface area contributed by atoms with E-state index in [4.69, 9.17) is 4.74 Å². The minimum Gasteiger partial charge on any atom is -0.496 e. The third-order valence-corrected chi connectivity index (χ3v) is 4.74. The van der Waals surface area contributed by atoms with Gasteiger partial charge in [0.25, 0.3) is 0 Å². The van der Waals surface area contributed by atoms with Gasteiger partial charge in [0, 0.05) is 16.6 Å². The van der Waals surface area contributed by atoms with E-state index >= 15 is 0 Å². The number of ether oxygens (including phenoxy) is 1. The number of hydrogen-bond donors (Lipinski definition) is 1. The van der Waals surface area contributed by atoms with Crippen molar-refractivity contribution in [2.24, 2.45) is 0 Å². The van der Waals surface area contributed by atoms with Crippen molar-refractivity contribution in [2.45, 2.75) is 37.0 Å². The first kappa shape index (κ1) is 12.8. The molecule has 0 amide bonds. The summed E-state index contributed by atoms with van der Waals surface area (Å²) in [7, 11) is 1.65. The van der Waals surface area contributed by atoms with E-state index < -0.39 is 6.10 Å². The molecule has 0 radical (unpaired) electrons. The molecule has 0 bridgehead atoms. The van der Waals surface area contributed by atoms with Gasteiger partial charge in [-0.3, -0.25) is 0 Å². The summed E-state index contributed by atoms with van der Waals surface area (Å²) in [5.41, 5.74) is 0.903. The molecule has 0 aliphatic heterocycles. The average molecular weight is 252 g/mol. The van der Waals surface area contributed by atoms with Crippen molar-refractivity contribution in [1.82, 2.24) is 0 Å². The predicted molar refractivity (Wildman–Crippen MR) is 72.7 cm³/mol. The van der Waals surface area contributed by atoms with Crippen LogP contribution in [-0.2, 0) is 0 Å². The van der Waals surface area contributed by atoms with Gasteiger partial charge in [0.05, 0.1) is 13.2 Å². The van der Waals surface area contributed by atoms with Gasteiger partial charge in [0.1, 0.15) is 5.75 Å². The Morgan fingerprint density at radius 2 is 2.06 bits per heavy atom. The Labute approximate surface area is 107 Å². The zero-order valence-corrected chi connectivity index (χ0v) is 11.1. The lowest BCUT2D eigenvalue weighted by atomic mass is 10.1. The van der Waals surface area contributed by atoms with Gasteiger partial charge in [-0.15, -0.1) is 0 Å². The Morgan fingerprint density at radius 1 is 1.35 bits per heavy atom. The zero-order valence-electron chi connectivity index (χ0n) is 10.3. The van der Waals surface area contributed by atoms with Gasteiger partial charge in [-0.05, 0) is 18.9 Å². The molecular weight excluding hydrogens is 232 g/mol. The second kappa shape index (κ2) is 6.31. The molecule has 0 heterocycles. The summed E-state index contributed by atoms with van der Waals surface area (Å²) in [4.78, 5) is 0. The van der Waals surface area contributed by atoms with E-state index in [2.05, 4.69) is 0 Å². The van der Waals surface area contributed by atoms with Gasteiger partial charge in [-0.1, -0.05) is 31.0 Å². The van der Waals surface area contributed by atoms with E-state index in [0.29, 0.717) is 0 Å². The minimum absolute atomic E-state index is 0.420. The molecule has 1 atom stereocenters. The van der Waals surface area contributed by atoms with Crippen molar-refractivity contribution >= 4 is 11.8 Å². The molecule has 1 saturated carbocycles. The molecule has 1 aliphatic carbocycles. The van der Waals surface area contributed by atoms with Gasteiger partial charge in [0.15, 0.2) is 0 Å².